The maximum absolute atomic E-state index is 12.5. The summed E-state index contributed by atoms with van der Waals surface area (Å²) in [5.41, 5.74) is 0. The lowest BCUT2D eigenvalue weighted by Gasteiger charge is -2.34. The summed E-state index contributed by atoms with van der Waals surface area (Å²) < 4.78 is 11.4. The standard InChI is InChI=1S/C15H20N2O3/c1-11(14(18)17-9-7-16(2)8-10-17)15-19-12-5-3-4-6-13(12)20-15/h3-6,11,15H,7-10H2,1-2H3. The van der Waals surface area contributed by atoms with Gasteiger partial charge in [-0.3, -0.25) is 4.79 Å². The van der Waals surface area contributed by atoms with Crippen LogP contribution in [-0.4, -0.2) is 55.2 Å². The summed E-state index contributed by atoms with van der Waals surface area (Å²) in [7, 11) is 2.07. The van der Waals surface area contributed by atoms with Gasteiger partial charge in [-0.05, 0) is 26.1 Å². The van der Waals surface area contributed by atoms with Gasteiger partial charge in [0.2, 0.25) is 5.91 Å². The Morgan fingerprint density at radius 2 is 1.70 bits per heavy atom. The van der Waals surface area contributed by atoms with Gasteiger partial charge in [0.15, 0.2) is 11.5 Å². The Morgan fingerprint density at radius 1 is 1.15 bits per heavy atom. The van der Waals surface area contributed by atoms with Crippen LogP contribution in [0.4, 0.5) is 0 Å². The summed E-state index contributed by atoms with van der Waals surface area (Å²) in [5.74, 6) is 1.24. The van der Waals surface area contributed by atoms with Gasteiger partial charge in [-0.15, -0.1) is 0 Å². The normalized spacial score (nSPS) is 21.0. The average molecular weight is 276 g/mol. The summed E-state index contributed by atoms with van der Waals surface area (Å²) in [6, 6.07) is 7.53. The van der Waals surface area contributed by atoms with Crippen LogP contribution in [0.2, 0.25) is 0 Å². The van der Waals surface area contributed by atoms with Gasteiger partial charge in [-0.2, -0.15) is 0 Å². The molecular weight excluding hydrogens is 256 g/mol. The number of likely N-dealkylation sites (N-methyl/N-ethyl adjacent to an activating group) is 1. The third-order valence-electron chi connectivity index (χ3n) is 3.95. The van der Waals surface area contributed by atoms with Gasteiger partial charge < -0.3 is 19.3 Å². The molecule has 20 heavy (non-hydrogen) atoms. The molecule has 0 aromatic heterocycles. The molecule has 0 aliphatic carbocycles. The number of amides is 1. The van der Waals surface area contributed by atoms with Crippen LogP contribution in [0.3, 0.4) is 0 Å². The van der Waals surface area contributed by atoms with Gasteiger partial charge in [0.05, 0.1) is 0 Å². The summed E-state index contributed by atoms with van der Waals surface area (Å²) in [6.45, 7) is 5.27. The van der Waals surface area contributed by atoms with E-state index in [4.69, 9.17) is 9.47 Å². The van der Waals surface area contributed by atoms with E-state index in [-0.39, 0.29) is 11.8 Å². The van der Waals surface area contributed by atoms with E-state index in [0.29, 0.717) is 0 Å². The highest BCUT2D eigenvalue weighted by Crippen LogP contribution is 2.36. The molecule has 0 radical (unpaired) electrons. The van der Waals surface area contributed by atoms with Crippen LogP contribution in [-0.2, 0) is 4.79 Å². The van der Waals surface area contributed by atoms with Crippen LogP contribution in [0.1, 0.15) is 6.92 Å². The Hall–Kier alpha value is -1.75. The lowest BCUT2D eigenvalue weighted by molar-refractivity contribution is -0.144. The van der Waals surface area contributed by atoms with Gasteiger partial charge in [-0.1, -0.05) is 12.1 Å². The molecule has 5 heteroatoms. The fourth-order valence-electron chi connectivity index (χ4n) is 2.55. The van der Waals surface area contributed by atoms with Crippen LogP contribution >= 0.6 is 0 Å². The number of hydrogen-bond acceptors (Lipinski definition) is 4. The van der Waals surface area contributed by atoms with Gasteiger partial charge in [0.25, 0.3) is 6.29 Å². The van der Waals surface area contributed by atoms with E-state index in [1.165, 1.54) is 0 Å². The molecule has 1 amide bonds. The number of hydrogen-bond donors (Lipinski definition) is 0. The molecule has 0 bridgehead atoms. The number of carbonyl (C=O) groups excluding carboxylic acids is 1. The molecule has 1 atom stereocenters. The number of ether oxygens (including phenoxy) is 2. The van der Waals surface area contributed by atoms with Crippen molar-refractivity contribution in [1.29, 1.82) is 0 Å². The topological polar surface area (TPSA) is 42.0 Å². The molecule has 2 aliphatic rings. The highest BCUT2D eigenvalue weighted by atomic mass is 16.7. The molecule has 1 aromatic carbocycles. The van der Waals surface area contributed by atoms with Crippen molar-refractivity contribution in [3.05, 3.63) is 24.3 Å². The van der Waals surface area contributed by atoms with Gasteiger partial charge in [0, 0.05) is 26.2 Å². The molecule has 2 heterocycles. The van der Waals surface area contributed by atoms with Crippen molar-refractivity contribution in [3.63, 3.8) is 0 Å². The first-order valence-electron chi connectivity index (χ1n) is 7.05. The Labute approximate surface area is 119 Å². The molecule has 0 N–H and O–H groups in total. The van der Waals surface area contributed by atoms with Crippen LogP contribution in [0.15, 0.2) is 24.3 Å². The lowest BCUT2D eigenvalue weighted by Crippen LogP contribution is -2.51. The quantitative estimate of drug-likeness (QED) is 0.814. The smallest absolute Gasteiger partial charge is 0.252 e. The van der Waals surface area contributed by atoms with E-state index in [2.05, 4.69) is 11.9 Å². The molecule has 1 unspecified atom stereocenters. The fraction of sp³-hybridized carbons (Fsp3) is 0.533. The first-order chi connectivity index (χ1) is 9.65. The summed E-state index contributed by atoms with van der Waals surface area (Å²) in [5, 5.41) is 0. The number of piperazine rings is 1. The van der Waals surface area contributed by atoms with Gasteiger partial charge in [0.1, 0.15) is 5.92 Å². The van der Waals surface area contributed by atoms with Crippen molar-refractivity contribution in [3.8, 4) is 11.5 Å². The van der Waals surface area contributed by atoms with Gasteiger partial charge >= 0.3 is 0 Å². The van der Waals surface area contributed by atoms with E-state index in [9.17, 15) is 4.79 Å². The SMILES string of the molecule is CC(C(=O)N1CCN(C)CC1)C1Oc2ccccc2O1. The lowest BCUT2D eigenvalue weighted by atomic mass is 10.1. The summed E-state index contributed by atoms with van der Waals surface area (Å²) in [4.78, 5) is 16.6. The second kappa shape index (κ2) is 5.32. The monoisotopic (exact) mass is 276 g/mol. The zero-order chi connectivity index (χ0) is 14.1. The average Bonchev–Trinajstić information content (AvgIpc) is 2.90. The molecule has 5 nitrogen and oxygen atoms in total. The summed E-state index contributed by atoms with van der Waals surface area (Å²) in [6.07, 6.45) is -0.514. The van der Waals surface area contributed by atoms with Crippen molar-refractivity contribution >= 4 is 5.91 Å². The van der Waals surface area contributed by atoms with Crippen molar-refractivity contribution in [1.82, 2.24) is 9.80 Å². The maximum Gasteiger partial charge on any atom is 0.252 e. The minimum Gasteiger partial charge on any atom is -0.450 e. The molecule has 0 saturated carbocycles. The molecule has 1 saturated heterocycles. The Bertz CT molecular complexity index is 473. The van der Waals surface area contributed by atoms with Crippen molar-refractivity contribution < 1.29 is 14.3 Å². The zero-order valence-electron chi connectivity index (χ0n) is 11.9. The van der Waals surface area contributed by atoms with Crippen molar-refractivity contribution in [2.75, 3.05) is 33.2 Å². The minimum absolute atomic E-state index is 0.107. The zero-order valence-corrected chi connectivity index (χ0v) is 11.9. The number of benzene rings is 1. The Morgan fingerprint density at radius 3 is 2.25 bits per heavy atom. The van der Waals surface area contributed by atoms with Gasteiger partial charge in [-0.25, -0.2) is 0 Å². The molecule has 0 spiro atoms. The van der Waals surface area contributed by atoms with E-state index in [0.717, 1.165) is 37.7 Å². The Balaban J connectivity index is 1.62. The van der Waals surface area contributed by atoms with E-state index in [1.54, 1.807) is 0 Å². The molecule has 1 fully saturated rings. The van der Waals surface area contributed by atoms with Crippen LogP contribution < -0.4 is 9.47 Å². The third-order valence-corrected chi connectivity index (χ3v) is 3.95. The second-order valence-electron chi connectivity index (χ2n) is 5.47. The van der Waals surface area contributed by atoms with E-state index in [1.807, 2.05) is 36.1 Å². The number of nitrogens with zero attached hydrogens (tertiary/aromatic N) is 2. The summed E-state index contributed by atoms with van der Waals surface area (Å²) >= 11 is 0. The number of rotatable bonds is 2. The van der Waals surface area contributed by atoms with E-state index >= 15 is 0 Å². The predicted molar refractivity (Wildman–Crippen MR) is 74.7 cm³/mol. The van der Waals surface area contributed by atoms with Crippen molar-refractivity contribution in [2.45, 2.75) is 13.2 Å². The largest absolute Gasteiger partial charge is 0.450 e. The third kappa shape index (κ3) is 2.45. The van der Waals surface area contributed by atoms with Crippen molar-refractivity contribution in [2.24, 2.45) is 5.92 Å². The highest BCUT2D eigenvalue weighted by molar-refractivity contribution is 5.79. The fourth-order valence-corrected chi connectivity index (χ4v) is 2.55. The van der Waals surface area contributed by atoms with Crippen LogP contribution in [0, 0.1) is 5.92 Å². The predicted octanol–water partition coefficient (Wildman–Crippen LogP) is 1.19. The first-order valence-corrected chi connectivity index (χ1v) is 7.05. The molecule has 1 aromatic rings. The molecule has 108 valence electrons. The number of carbonyl (C=O) groups is 1. The molecule has 3 rings (SSSR count). The highest BCUT2D eigenvalue weighted by Gasteiger charge is 2.36. The van der Waals surface area contributed by atoms with E-state index < -0.39 is 6.29 Å². The maximum atomic E-state index is 12.5. The number of fused-ring (bicyclic) bond motifs is 1. The van der Waals surface area contributed by atoms with Crippen LogP contribution in [0.25, 0.3) is 0 Å². The number of para-hydroxylation sites is 2. The second-order valence-corrected chi connectivity index (χ2v) is 5.47. The van der Waals surface area contributed by atoms with Crippen LogP contribution in [0.5, 0.6) is 11.5 Å². The molecule has 2 aliphatic heterocycles. The molecular formula is C15H20N2O3. The first kappa shape index (κ1) is 13.2. The Kier molecular flexibility index (Phi) is 3.53. The minimum atomic E-state index is -0.514.